The molecule has 0 N–H and O–H groups in total. The predicted octanol–water partition coefficient (Wildman–Crippen LogP) is 18.3. The van der Waals surface area contributed by atoms with Gasteiger partial charge in [0, 0.05) is 8.95 Å². The third-order valence-electron chi connectivity index (χ3n) is 12.2. The lowest BCUT2D eigenvalue weighted by molar-refractivity contribution is 1.55. The first-order valence-electron chi connectivity index (χ1n) is 21.0. The molecule has 11 aromatic rings. The molecule has 0 radical (unpaired) electrons. The molecule has 0 aliphatic rings. The molecule has 0 unspecified atom stereocenters. The Morgan fingerprint density at radius 2 is 0.661 bits per heavy atom. The fourth-order valence-corrected chi connectivity index (χ4v) is 10.2. The summed E-state index contributed by atoms with van der Waals surface area (Å²) in [4.78, 5) is 0. The Morgan fingerprint density at radius 1 is 0.210 bits per heavy atom. The Labute approximate surface area is 379 Å². The largest absolute Gasteiger partial charge is 0.0622 e. The minimum Gasteiger partial charge on any atom is -0.0622 e. The second-order valence-electron chi connectivity index (χ2n) is 15.8. The lowest BCUT2D eigenvalue weighted by Gasteiger charge is -2.24. The van der Waals surface area contributed by atoms with E-state index < -0.39 is 0 Å². The molecule has 0 saturated carbocycles. The van der Waals surface area contributed by atoms with Crippen molar-refractivity contribution in [3.05, 3.63) is 239 Å². The summed E-state index contributed by atoms with van der Waals surface area (Å²) < 4.78 is 2.09. The quantitative estimate of drug-likeness (QED) is 0.140. The van der Waals surface area contributed by atoms with Crippen molar-refractivity contribution in [1.29, 1.82) is 0 Å². The van der Waals surface area contributed by atoms with Crippen molar-refractivity contribution in [2.24, 2.45) is 0 Å². The SMILES string of the molecule is Brc1ccc2c(c1)c1c(-c3ccccc3)c(-c3cc(-c4ccccc4)ccc3-c3ccc(-c4ccccc4)cc3)cc(-c3ccccc3)c1c1cc(Br)cc(-c3ccccc3)c21. The van der Waals surface area contributed by atoms with Gasteiger partial charge in [-0.05, 0) is 147 Å². The number of hydrogen-bond acceptors (Lipinski definition) is 0. The van der Waals surface area contributed by atoms with E-state index in [0.717, 1.165) is 8.95 Å². The molecule has 0 amide bonds. The van der Waals surface area contributed by atoms with Crippen molar-refractivity contribution in [3.63, 3.8) is 0 Å². The molecule has 0 aromatic heterocycles. The summed E-state index contributed by atoms with van der Waals surface area (Å²) in [6.45, 7) is 0. The zero-order valence-corrected chi connectivity index (χ0v) is 36.9. The molecule has 11 aromatic carbocycles. The standard InChI is InChI=1S/C60H38Br2/c61-47-31-33-50-54(35-47)60-57(45-24-14-5-15-25-45)55(38-52(43-22-12-4-13-23-43)59(60)56-37-48(62)36-51(58(50)56)42-20-10-3-11-21-42)53-34-46(40-18-8-2-9-19-40)30-32-49(53)44-28-26-41(27-29-44)39-16-6-1-7-17-39/h1-38H. The minimum atomic E-state index is 1.04. The minimum absolute atomic E-state index is 1.04. The number of benzene rings is 11. The number of fused-ring (bicyclic) bond motifs is 6. The highest BCUT2D eigenvalue weighted by Crippen LogP contribution is 2.53. The van der Waals surface area contributed by atoms with Crippen LogP contribution < -0.4 is 0 Å². The molecular weight excluding hydrogens is 880 g/mol. The Kier molecular flexibility index (Phi) is 9.97. The van der Waals surface area contributed by atoms with E-state index in [1.54, 1.807) is 0 Å². The van der Waals surface area contributed by atoms with Crippen LogP contribution in [0, 0.1) is 0 Å². The van der Waals surface area contributed by atoms with Crippen LogP contribution in [0.4, 0.5) is 0 Å². The van der Waals surface area contributed by atoms with Gasteiger partial charge in [-0.15, -0.1) is 0 Å². The Morgan fingerprint density at radius 3 is 1.26 bits per heavy atom. The van der Waals surface area contributed by atoms with Gasteiger partial charge in [-0.25, -0.2) is 0 Å². The van der Waals surface area contributed by atoms with E-state index in [0.29, 0.717) is 0 Å². The summed E-state index contributed by atoms with van der Waals surface area (Å²) in [5.41, 5.74) is 16.6. The van der Waals surface area contributed by atoms with Crippen LogP contribution in [0.1, 0.15) is 0 Å². The molecule has 2 heteroatoms. The van der Waals surface area contributed by atoms with Crippen LogP contribution in [-0.4, -0.2) is 0 Å². The van der Waals surface area contributed by atoms with Crippen LogP contribution in [-0.2, 0) is 0 Å². The molecule has 0 heterocycles. The van der Waals surface area contributed by atoms with E-state index in [-0.39, 0.29) is 0 Å². The van der Waals surface area contributed by atoms with E-state index in [2.05, 4.69) is 262 Å². The number of rotatable bonds is 7. The monoisotopic (exact) mass is 916 g/mol. The predicted molar refractivity (Wildman–Crippen MR) is 272 cm³/mol. The topological polar surface area (TPSA) is 0 Å². The molecule has 0 aliphatic carbocycles. The van der Waals surface area contributed by atoms with Gasteiger partial charge in [0.2, 0.25) is 0 Å². The Balaban J connectivity index is 1.34. The number of halogens is 2. The maximum Gasteiger partial charge on any atom is 0.0188 e. The van der Waals surface area contributed by atoms with Gasteiger partial charge in [0.15, 0.2) is 0 Å². The average molecular weight is 919 g/mol. The highest BCUT2D eigenvalue weighted by Gasteiger charge is 2.25. The van der Waals surface area contributed by atoms with Crippen LogP contribution >= 0.6 is 31.9 Å². The fraction of sp³-hybridized carbons (Fsp3) is 0. The van der Waals surface area contributed by atoms with Crippen molar-refractivity contribution in [3.8, 4) is 77.9 Å². The van der Waals surface area contributed by atoms with Gasteiger partial charge in [-0.2, -0.15) is 0 Å². The molecule has 0 bridgehead atoms. The second-order valence-corrected chi connectivity index (χ2v) is 17.7. The van der Waals surface area contributed by atoms with Crippen LogP contribution in [0.3, 0.4) is 0 Å². The fourth-order valence-electron chi connectivity index (χ4n) is 9.38. The smallest absolute Gasteiger partial charge is 0.0188 e. The van der Waals surface area contributed by atoms with E-state index in [1.807, 2.05) is 0 Å². The van der Waals surface area contributed by atoms with Crippen molar-refractivity contribution >= 4 is 64.2 Å². The summed E-state index contributed by atoms with van der Waals surface area (Å²) >= 11 is 7.97. The maximum atomic E-state index is 4.02. The van der Waals surface area contributed by atoms with Gasteiger partial charge in [0.05, 0.1) is 0 Å². The van der Waals surface area contributed by atoms with Gasteiger partial charge in [-0.1, -0.05) is 226 Å². The first-order valence-corrected chi connectivity index (χ1v) is 22.5. The zero-order valence-electron chi connectivity index (χ0n) is 33.7. The summed E-state index contributed by atoms with van der Waals surface area (Å²) in [7, 11) is 0. The molecule has 0 atom stereocenters. The summed E-state index contributed by atoms with van der Waals surface area (Å²) in [6.07, 6.45) is 0. The van der Waals surface area contributed by atoms with Gasteiger partial charge in [0.25, 0.3) is 0 Å². The zero-order chi connectivity index (χ0) is 41.6. The van der Waals surface area contributed by atoms with E-state index in [4.69, 9.17) is 0 Å². The van der Waals surface area contributed by atoms with Gasteiger partial charge in [-0.3, -0.25) is 0 Å². The highest BCUT2D eigenvalue weighted by molar-refractivity contribution is 9.10. The first-order chi connectivity index (χ1) is 30.6. The Bertz CT molecular complexity index is 3420. The van der Waals surface area contributed by atoms with E-state index in [9.17, 15) is 0 Å². The van der Waals surface area contributed by atoms with Crippen LogP contribution in [0.15, 0.2) is 239 Å². The van der Waals surface area contributed by atoms with Crippen molar-refractivity contribution in [2.75, 3.05) is 0 Å². The summed E-state index contributed by atoms with van der Waals surface area (Å²) in [5, 5.41) is 7.32. The van der Waals surface area contributed by atoms with Crippen LogP contribution in [0.2, 0.25) is 0 Å². The third kappa shape index (κ3) is 6.86. The van der Waals surface area contributed by atoms with Crippen LogP contribution in [0.25, 0.3) is 110 Å². The van der Waals surface area contributed by atoms with E-state index >= 15 is 0 Å². The first kappa shape index (κ1) is 38.1. The molecule has 0 fully saturated rings. The van der Waals surface area contributed by atoms with Crippen molar-refractivity contribution < 1.29 is 0 Å². The normalized spacial score (nSPS) is 11.4. The number of hydrogen-bond donors (Lipinski definition) is 0. The van der Waals surface area contributed by atoms with Gasteiger partial charge in [0.1, 0.15) is 0 Å². The lowest BCUT2D eigenvalue weighted by atomic mass is 9.79. The van der Waals surface area contributed by atoms with Gasteiger partial charge >= 0.3 is 0 Å². The van der Waals surface area contributed by atoms with Crippen molar-refractivity contribution in [1.82, 2.24) is 0 Å². The van der Waals surface area contributed by atoms with Crippen LogP contribution in [0.5, 0.6) is 0 Å². The molecule has 292 valence electrons. The Hall–Kier alpha value is -6.84. The third-order valence-corrected chi connectivity index (χ3v) is 13.1. The lowest BCUT2D eigenvalue weighted by Crippen LogP contribution is -1.97. The molecule has 11 rings (SSSR count). The maximum absolute atomic E-state index is 4.02. The summed E-state index contributed by atoms with van der Waals surface area (Å²) in [6, 6.07) is 84.2. The molecule has 62 heavy (non-hydrogen) atoms. The van der Waals surface area contributed by atoms with Gasteiger partial charge < -0.3 is 0 Å². The average Bonchev–Trinajstić information content (AvgIpc) is 3.34. The van der Waals surface area contributed by atoms with E-state index in [1.165, 1.54) is 110 Å². The highest BCUT2D eigenvalue weighted by atomic mass is 79.9. The second kappa shape index (κ2) is 16.2. The molecule has 0 spiro atoms. The molecule has 0 aliphatic heterocycles. The molecule has 0 nitrogen and oxygen atoms in total. The molecule has 0 saturated heterocycles. The molecular formula is C60H38Br2. The summed E-state index contributed by atoms with van der Waals surface area (Å²) in [5.74, 6) is 0. The van der Waals surface area contributed by atoms with Crippen molar-refractivity contribution in [2.45, 2.75) is 0 Å².